The lowest BCUT2D eigenvalue weighted by atomic mass is 10.1. The van der Waals surface area contributed by atoms with Gasteiger partial charge in [0.15, 0.2) is 0 Å². The van der Waals surface area contributed by atoms with E-state index in [4.69, 9.17) is 5.73 Å². The van der Waals surface area contributed by atoms with Gasteiger partial charge < -0.3 is 11.1 Å². The molecule has 2 atom stereocenters. The van der Waals surface area contributed by atoms with Crippen LogP contribution < -0.4 is 11.1 Å². The van der Waals surface area contributed by atoms with Gasteiger partial charge in [0, 0.05) is 13.1 Å². The SMILES string of the molecule is CNC(=O)C1C=CC(N)C1. The van der Waals surface area contributed by atoms with Crippen LogP contribution in [0, 0.1) is 5.92 Å². The second-order valence-corrected chi connectivity index (χ2v) is 2.51. The molecule has 0 heterocycles. The molecule has 3 N–H and O–H groups in total. The number of nitrogens with two attached hydrogens (primary N) is 1. The lowest BCUT2D eigenvalue weighted by molar-refractivity contribution is -0.123. The third-order valence-corrected chi connectivity index (χ3v) is 1.70. The van der Waals surface area contributed by atoms with E-state index in [0.29, 0.717) is 0 Å². The van der Waals surface area contributed by atoms with Gasteiger partial charge in [0.05, 0.1) is 5.92 Å². The summed E-state index contributed by atoms with van der Waals surface area (Å²) in [5, 5.41) is 2.58. The monoisotopic (exact) mass is 140 g/mol. The first kappa shape index (κ1) is 7.28. The van der Waals surface area contributed by atoms with Crippen LogP contribution >= 0.6 is 0 Å². The summed E-state index contributed by atoms with van der Waals surface area (Å²) >= 11 is 0. The van der Waals surface area contributed by atoms with E-state index in [1.807, 2.05) is 12.2 Å². The average molecular weight is 140 g/mol. The molecule has 1 aliphatic rings. The normalized spacial score (nSPS) is 30.6. The maximum absolute atomic E-state index is 10.9. The second kappa shape index (κ2) is 2.84. The van der Waals surface area contributed by atoms with Crippen LogP contribution in [0.5, 0.6) is 0 Å². The Hall–Kier alpha value is -0.830. The van der Waals surface area contributed by atoms with E-state index in [1.54, 1.807) is 7.05 Å². The smallest absolute Gasteiger partial charge is 0.226 e. The Morgan fingerprint density at radius 1 is 1.70 bits per heavy atom. The molecular weight excluding hydrogens is 128 g/mol. The molecule has 0 saturated carbocycles. The first-order chi connectivity index (χ1) is 4.74. The summed E-state index contributed by atoms with van der Waals surface area (Å²) in [6.45, 7) is 0. The number of amides is 1. The van der Waals surface area contributed by atoms with E-state index in [1.165, 1.54) is 0 Å². The molecule has 3 nitrogen and oxygen atoms in total. The molecule has 0 fully saturated rings. The number of hydrogen-bond donors (Lipinski definition) is 2. The fourth-order valence-corrected chi connectivity index (χ4v) is 1.11. The van der Waals surface area contributed by atoms with Crippen LogP contribution in [0.1, 0.15) is 6.42 Å². The van der Waals surface area contributed by atoms with Crippen molar-refractivity contribution in [2.24, 2.45) is 11.7 Å². The number of nitrogens with one attached hydrogen (secondary N) is 1. The first-order valence-corrected chi connectivity index (χ1v) is 3.39. The fraction of sp³-hybridized carbons (Fsp3) is 0.571. The molecule has 0 aliphatic heterocycles. The average Bonchev–Trinajstić information content (AvgIpc) is 2.34. The van der Waals surface area contributed by atoms with E-state index in [9.17, 15) is 4.79 Å². The highest BCUT2D eigenvalue weighted by atomic mass is 16.1. The van der Waals surface area contributed by atoms with Crippen molar-refractivity contribution < 1.29 is 4.79 Å². The van der Waals surface area contributed by atoms with Crippen molar-refractivity contribution in [1.82, 2.24) is 5.32 Å². The Morgan fingerprint density at radius 2 is 2.40 bits per heavy atom. The molecule has 1 aliphatic carbocycles. The van der Waals surface area contributed by atoms with Crippen LogP contribution in [-0.2, 0) is 4.79 Å². The van der Waals surface area contributed by atoms with Crippen molar-refractivity contribution in [3.05, 3.63) is 12.2 Å². The molecule has 0 aromatic rings. The van der Waals surface area contributed by atoms with E-state index in [0.717, 1.165) is 6.42 Å². The molecule has 0 aromatic heterocycles. The summed E-state index contributed by atoms with van der Waals surface area (Å²) in [4.78, 5) is 10.9. The maximum atomic E-state index is 10.9. The van der Waals surface area contributed by atoms with Gasteiger partial charge in [0.1, 0.15) is 0 Å². The van der Waals surface area contributed by atoms with Gasteiger partial charge in [-0.15, -0.1) is 0 Å². The predicted octanol–water partition coefficient (Wildman–Crippen LogP) is -0.364. The van der Waals surface area contributed by atoms with Crippen LogP contribution in [0.25, 0.3) is 0 Å². The van der Waals surface area contributed by atoms with Crippen LogP contribution in [0.4, 0.5) is 0 Å². The maximum Gasteiger partial charge on any atom is 0.226 e. The van der Waals surface area contributed by atoms with Crippen molar-refractivity contribution in [1.29, 1.82) is 0 Å². The van der Waals surface area contributed by atoms with Gasteiger partial charge in [-0.25, -0.2) is 0 Å². The summed E-state index contributed by atoms with van der Waals surface area (Å²) in [5.41, 5.74) is 5.55. The third kappa shape index (κ3) is 1.36. The zero-order valence-corrected chi connectivity index (χ0v) is 6.00. The van der Waals surface area contributed by atoms with Gasteiger partial charge in [-0.1, -0.05) is 12.2 Å². The Balaban J connectivity index is 2.46. The van der Waals surface area contributed by atoms with Crippen molar-refractivity contribution >= 4 is 5.91 Å². The summed E-state index contributed by atoms with van der Waals surface area (Å²) in [6, 6.07) is 0.0716. The van der Waals surface area contributed by atoms with E-state index in [-0.39, 0.29) is 17.9 Å². The first-order valence-electron chi connectivity index (χ1n) is 3.39. The Labute approximate surface area is 60.3 Å². The third-order valence-electron chi connectivity index (χ3n) is 1.70. The molecule has 2 unspecified atom stereocenters. The lowest BCUT2D eigenvalue weighted by Crippen LogP contribution is -2.27. The molecule has 1 rings (SSSR count). The lowest BCUT2D eigenvalue weighted by Gasteiger charge is -2.05. The minimum Gasteiger partial charge on any atom is -0.359 e. The Kier molecular flexibility index (Phi) is 2.06. The molecule has 0 aromatic carbocycles. The minimum atomic E-state index is -0.000000000000000444. The summed E-state index contributed by atoms with van der Waals surface area (Å²) in [5.74, 6) is 0.0594. The van der Waals surface area contributed by atoms with Crippen LogP contribution in [0.15, 0.2) is 12.2 Å². The number of carbonyl (C=O) groups excluding carboxylic acids is 1. The standard InChI is InChI=1S/C7H12N2O/c1-9-7(10)5-2-3-6(8)4-5/h2-3,5-6H,4,8H2,1H3,(H,9,10). The summed E-state index contributed by atoms with van der Waals surface area (Å²) in [7, 11) is 1.64. The number of rotatable bonds is 1. The number of hydrogen-bond acceptors (Lipinski definition) is 2. The minimum absolute atomic E-state index is 0.000000000000000444. The summed E-state index contributed by atoms with van der Waals surface area (Å²) in [6.07, 6.45) is 4.49. The van der Waals surface area contributed by atoms with Crippen molar-refractivity contribution in [3.8, 4) is 0 Å². The second-order valence-electron chi connectivity index (χ2n) is 2.51. The Morgan fingerprint density at radius 3 is 2.80 bits per heavy atom. The molecule has 0 radical (unpaired) electrons. The van der Waals surface area contributed by atoms with Gasteiger partial charge in [-0.3, -0.25) is 4.79 Å². The van der Waals surface area contributed by atoms with Gasteiger partial charge in [-0.05, 0) is 6.42 Å². The molecule has 0 saturated heterocycles. The predicted molar refractivity (Wildman–Crippen MR) is 39.3 cm³/mol. The highest BCUT2D eigenvalue weighted by Gasteiger charge is 2.20. The molecule has 0 spiro atoms. The molecular formula is C7H12N2O. The molecule has 3 heteroatoms. The van der Waals surface area contributed by atoms with Gasteiger partial charge in [0.25, 0.3) is 0 Å². The van der Waals surface area contributed by atoms with Gasteiger partial charge in [-0.2, -0.15) is 0 Å². The highest BCUT2D eigenvalue weighted by Crippen LogP contribution is 2.15. The molecule has 10 heavy (non-hydrogen) atoms. The van der Waals surface area contributed by atoms with Crippen LogP contribution in [0.3, 0.4) is 0 Å². The zero-order valence-electron chi connectivity index (χ0n) is 6.00. The molecule has 0 bridgehead atoms. The van der Waals surface area contributed by atoms with Crippen molar-refractivity contribution in [3.63, 3.8) is 0 Å². The highest BCUT2D eigenvalue weighted by molar-refractivity contribution is 5.80. The van der Waals surface area contributed by atoms with Crippen molar-refractivity contribution in [2.75, 3.05) is 7.05 Å². The van der Waals surface area contributed by atoms with Crippen molar-refractivity contribution in [2.45, 2.75) is 12.5 Å². The van der Waals surface area contributed by atoms with E-state index >= 15 is 0 Å². The summed E-state index contributed by atoms with van der Waals surface area (Å²) < 4.78 is 0. The topological polar surface area (TPSA) is 55.1 Å². The number of carbonyl (C=O) groups is 1. The van der Waals surface area contributed by atoms with Gasteiger partial charge in [0.2, 0.25) is 5.91 Å². The fourth-order valence-electron chi connectivity index (χ4n) is 1.11. The van der Waals surface area contributed by atoms with Crippen LogP contribution in [-0.4, -0.2) is 19.0 Å². The Bertz CT molecular complexity index is 165. The quantitative estimate of drug-likeness (QED) is 0.488. The van der Waals surface area contributed by atoms with Gasteiger partial charge >= 0.3 is 0 Å². The van der Waals surface area contributed by atoms with Crippen LogP contribution in [0.2, 0.25) is 0 Å². The zero-order chi connectivity index (χ0) is 7.56. The molecule has 56 valence electrons. The largest absolute Gasteiger partial charge is 0.359 e. The van der Waals surface area contributed by atoms with E-state index < -0.39 is 0 Å². The molecule has 1 amide bonds. The van der Waals surface area contributed by atoms with E-state index in [2.05, 4.69) is 5.32 Å².